The molecule has 0 spiro atoms. The van der Waals surface area contributed by atoms with Gasteiger partial charge in [0.05, 0.1) is 0 Å². The quantitative estimate of drug-likeness (QED) is 0.886. The molecule has 1 amide bonds. The Morgan fingerprint density at radius 2 is 1.86 bits per heavy atom. The second-order valence-electron chi connectivity index (χ2n) is 4.68. The molecule has 0 saturated heterocycles. The minimum Gasteiger partial charge on any atom is -0.351 e. The van der Waals surface area contributed by atoms with Crippen LogP contribution < -0.4 is 10.2 Å². The highest BCUT2D eigenvalue weighted by Gasteiger charge is 2.08. The molecule has 0 aliphatic heterocycles. The van der Waals surface area contributed by atoms with E-state index < -0.39 is 0 Å². The predicted molar refractivity (Wildman–Crippen MR) is 84.1 cm³/mol. The summed E-state index contributed by atoms with van der Waals surface area (Å²) in [6.07, 6.45) is 0.429. The predicted octanol–water partition coefficient (Wildman–Crippen LogP) is 2.85. The molecule has 2 aromatic rings. The highest BCUT2D eigenvalue weighted by atomic mass is 16.1. The highest BCUT2D eigenvalue weighted by molar-refractivity contribution is 5.89. The first kappa shape index (κ1) is 15.0. The molecular weight excluding hydrogens is 264 g/mol. The van der Waals surface area contributed by atoms with E-state index in [0.717, 1.165) is 18.9 Å². The standard InChI is InChI=1S/C16H20N4O/c1-3-16(21)17-14-10-11-15(19-18-14)20(4-2)12-13-8-6-5-7-9-13/h5-11H,3-4,12H2,1-2H3,(H,17,18,21). The number of aromatic nitrogens is 2. The first-order valence-electron chi connectivity index (χ1n) is 7.15. The van der Waals surface area contributed by atoms with Crippen LogP contribution in [-0.2, 0) is 11.3 Å². The van der Waals surface area contributed by atoms with E-state index in [9.17, 15) is 4.79 Å². The van der Waals surface area contributed by atoms with Crippen LogP contribution in [0, 0.1) is 0 Å². The van der Waals surface area contributed by atoms with Crippen LogP contribution in [0.5, 0.6) is 0 Å². The van der Waals surface area contributed by atoms with Crippen molar-refractivity contribution in [3.05, 3.63) is 48.0 Å². The summed E-state index contributed by atoms with van der Waals surface area (Å²) in [7, 11) is 0. The summed E-state index contributed by atoms with van der Waals surface area (Å²) < 4.78 is 0. The van der Waals surface area contributed by atoms with Gasteiger partial charge < -0.3 is 10.2 Å². The minimum absolute atomic E-state index is 0.0614. The summed E-state index contributed by atoms with van der Waals surface area (Å²) in [4.78, 5) is 13.4. The molecule has 1 heterocycles. The van der Waals surface area contributed by atoms with Gasteiger partial charge in [-0.2, -0.15) is 0 Å². The fraction of sp³-hybridized carbons (Fsp3) is 0.312. The van der Waals surface area contributed by atoms with E-state index in [2.05, 4.69) is 39.5 Å². The Bertz CT molecular complexity index is 569. The monoisotopic (exact) mass is 284 g/mol. The Balaban J connectivity index is 2.06. The van der Waals surface area contributed by atoms with Crippen LogP contribution in [0.4, 0.5) is 11.6 Å². The number of anilines is 2. The lowest BCUT2D eigenvalue weighted by molar-refractivity contribution is -0.115. The molecule has 0 atom stereocenters. The summed E-state index contributed by atoms with van der Waals surface area (Å²) in [6, 6.07) is 13.9. The number of hydrogen-bond donors (Lipinski definition) is 1. The topological polar surface area (TPSA) is 58.1 Å². The molecular formula is C16H20N4O. The number of nitrogens with one attached hydrogen (secondary N) is 1. The van der Waals surface area contributed by atoms with Gasteiger partial charge in [-0.1, -0.05) is 37.3 Å². The molecule has 2 rings (SSSR count). The number of benzene rings is 1. The van der Waals surface area contributed by atoms with Crippen molar-refractivity contribution in [1.29, 1.82) is 0 Å². The van der Waals surface area contributed by atoms with E-state index in [0.29, 0.717) is 12.2 Å². The Kier molecular flexibility index (Phi) is 5.26. The van der Waals surface area contributed by atoms with Crippen LogP contribution in [0.1, 0.15) is 25.8 Å². The van der Waals surface area contributed by atoms with Gasteiger partial charge in [-0.05, 0) is 24.6 Å². The average molecular weight is 284 g/mol. The molecule has 0 aliphatic carbocycles. The summed E-state index contributed by atoms with van der Waals surface area (Å²) in [5, 5.41) is 10.9. The van der Waals surface area contributed by atoms with E-state index in [1.165, 1.54) is 5.56 Å². The molecule has 21 heavy (non-hydrogen) atoms. The van der Waals surface area contributed by atoms with Crippen molar-refractivity contribution in [2.24, 2.45) is 0 Å². The van der Waals surface area contributed by atoms with Crippen molar-refractivity contribution in [3.63, 3.8) is 0 Å². The smallest absolute Gasteiger partial charge is 0.225 e. The fourth-order valence-corrected chi connectivity index (χ4v) is 1.95. The summed E-state index contributed by atoms with van der Waals surface area (Å²) in [5.74, 6) is 1.23. The van der Waals surface area contributed by atoms with Gasteiger partial charge in [0.2, 0.25) is 5.91 Å². The van der Waals surface area contributed by atoms with Crippen LogP contribution in [0.15, 0.2) is 42.5 Å². The number of carbonyl (C=O) groups is 1. The molecule has 0 saturated carbocycles. The number of hydrogen-bond acceptors (Lipinski definition) is 4. The van der Waals surface area contributed by atoms with Crippen LogP contribution in [0.3, 0.4) is 0 Å². The maximum absolute atomic E-state index is 11.3. The van der Waals surface area contributed by atoms with Crippen molar-refractivity contribution in [2.75, 3.05) is 16.8 Å². The fourth-order valence-electron chi connectivity index (χ4n) is 1.95. The van der Waals surface area contributed by atoms with Crippen molar-refractivity contribution < 1.29 is 4.79 Å². The Morgan fingerprint density at radius 1 is 1.10 bits per heavy atom. The van der Waals surface area contributed by atoms with E-state index in [-0.39, 0.29) is 5.91 Å². The Labute approximate surface area is 125 Å². The molecule has 0 fully saturated rings. The van der Waals surface area contributed by atoms with Gasteiger partial charge in [-0.25, -0.2) is 0 Å². The van der Waals surface area contributed by atoms with E-state index in [1.807, 2.05) is 24.3 Å². The summed E-state index contributed by atoms with van der Waals surface area (Å²) in [6.45, 7) is 5.50. The molecule has 1 aromatic carbocycles. The lowest BCUT2D eigenvalue weighted by atomic mass is 10.2. The van der Waals surface area contributed by atoms with Gasteiger partial charge in [0, 0.05) is 19.5 Å². The van der Waals surface area contributed by atoms with E-state index in [1.54, 1.807) is 13.0 Å². The molecule has 1 aromatic heterocycles. The third kappa shape index (κ3) is 4.27. The second kappa shape index (κ2) is 7.38. The molecule has 5 heteroatoms. The number of amides is 1. The molecule has 1 N–H and O–H groups in total. The first-order valence-corrected chi connectivity index (χ1v) is 7.15. The second-order valence-corrected chi connectivity index (χ2v) is 4.68. The van der Waals surface area contributed by atoms with Crippen LogP contribution in [-0.4, -0.2) is 22.6 Å². The van der Waals surface area contributed by atoms with Crippen LogP contribution in [0.2, 0.25) is 0 Å². The van der Waals surface area contributed by atoms with E-state index in [4.69, 9.17) is 0 Å². The van der Waals surface area contributed by atoms with Gasteiger partial charge in [-0.3, -0.25) is 4.79 Å². The third-order valence-electron chi connectivity index (χ3n) is 3.16. The molecule has 0 radical (unpaired) electrons. The normalized spacial score (nSPS) is 10.2. The molecule has 110 valence electrons. The Morgan fingerprint density at radius 3 is 2.43 bits per heavy atom. The SMILES string of the molecule is CCC(=O)Nc1ccc(N(CC)Cc2ccccc2)nn1. The number of rotatable bonds is 6. The zero-order valence-corrected chi connectivity index (χ0v) is 12.4. The lowest BCUT2D eigenvalue weighted by Gasteiger charge is -2.21. The van der Waals surface area contributed by atoms with Crippen LogP contribution >= 0.6 is 0 Å². The van der Waals surface area contributed by atoms with Gasteiger partial charge in [0.15, 0.2) is 11.6 Å². The van der Waals surface area contributed by atoms with Gasteiger partial charge in [0.25, 0.3) is 0 Å². The number of nitrogens with zero attached hydrogens (tertiary/aromatic N) is 3. The largest absolute Gasteiger partial charge is 0.351 e. The molecule has 0 unspecified atom stereocenters. The summed E-state index contributed by atoms with van der Waals surface area (Å²) in [5.41, 5.74) is 1.23. The van der Waals surface area contributed by atoms with Crippen molar-refractivity contribution >= 4 is 17.5 Å². The number of carbonyl (C=O) groups excluding carboxylic acids is 1. The van der Waals surface area contributed by atoms with Gasteiger partial charge >= 0.3 is 0 Å². The average Bonchev–Trinajstić information content (AvgIpc) is 2.54. The van der Waals surface area contributed by atoms with Crippen molar-refractivity contribution in [3.8, 4) is 0 Å². The third-order valence-corrected chi connectivity index (χ3v) is 3.16. The van der Waals surface area contributed by atoms with Gasteiger partial charge in [0.1, 0.15) is 0 Å². The highest BCUT2D eigenvalue weighted by Crippen LogP contribution is 2.15. The van der Waals surface area contributed by atoms with Gasteiger partial charge in [-0.15, -0.1) is 10.2 Å². The zero-order chi connectivity index (χ0) is 15.1. The zero-order valence-electron chi connectivity index (χ0n) is 12.4. The maximum atomic E-state index is 11.3. The van der Waals surface area contributed by atoms with Crippen molar-refractivity contribution in [1.82, 2.24) is 10.2 Å². The molecule has 0 bridgehead atoms. The van der Waals surface area contributed by atoms with Crippen LogP contribution in [0.25, 0.3) is 0 Å². The van der Waals surface area contributed by atoms with Crippen molar-refractivity contribution in [2.45, 2.75) is 26.8 Å². The molecule has 0 aliphatic rings. The maximum Gasteiger partial charge on any atom is 0.225 e. The molecule has 5 nitrogen and oxygen atoms in total. The first-order chi connectivity index (χ1) is 10.2. The lowest BCUT2D eigenvalue weighted by Crippen LogP contribution is -2.23. The summed E-state index contributed by atoms with van der Waals surface area (Å²) >= 11 is 0. The Hall–Kier alpha value is -2.43. The van der Waals surface area contributed by atoms with E-state index >= 15 is 0 Å². The minimum atomic E-state index is -0.0614.